The molecule has 4 atom stereocenters. The number of aliphatic hydroxyl groups is 1. The quantitative estimate of drug-likeness (QED) is 0.756. The van der Waals surface area contributed by atoms with E-state index in [1.54, 1.807) is 0 Å². The Morgan fingerprint density at radius 2 is 2.11 bits per heavy atom. The molecular weight excluding hydrogens is 224 g/mol. The minimum Gasteiger partial charge on any atom is -0.394 e. The molecule has 0 aromatic rings. The number of nitrogens with zero attached hydrogens (tertiary/aromatic N) is 1. The van der Waals surface area contributed by atoms with Gasteiger partial charge in [0.2, 0.25) is 0 Å². The smallest absolute Gasteiger partial charge is 0.0611 e. The van der Waals surface area contributed by atoms with Gasteiger partial charge in [-0.3, -0.25) is 4.90 Å². The van der Waals surface area contributed by atoms with Gasteiger partial charge in [-0.1, -0.05) is 0 Å². The van der Waals surface area contributed by atoms with Gasteiger partial charge in [-0.25, -0.2) is 0 Å². The molecule has 104 valence electrons. The van der Waals surface area contributed by atoms with Gasteiger partial charge in [0.05, 0.1) is 6.61 Å². The van der Waals surface area contributed by atoms with Gasteiger partial charge >= 0.3 is 0 Å². The second-order valence-electron chi connectivity index (χ2n) is 7.22. The Hall–Kier alpha value is -0.120. The van der Waals surface area contributed by atoms with Crippen molar-refractivity contribution in [2.24, 2.45) is 5.92 Å². The van der Waals surface area contributed by atoms with E-state index in [0.717, 1.165) is 18.4 Å². The molecule has 4 unspecified atom stereocenters. The molecule has 3 fully saturated rings. The molecule has 2 N–H and O–H groups in total. The lowest BCUT2D eigenvalue weighted by Gasteiger charge is -2.39. The zero-order valence-corrected chi connectivity index (χ0v) is 11.9. The van der Waals surface area contributed by atoms with Crippen molar-refractivity contribution in [2.45, 2.75) is 76.0 Å². The van der Waals surface area contributed by atoms with Gasteiger partial charge in [-0.2, -0.15) is 0 Å². The molecule has 1 aliphatic heterocycles. The van der Waals surface area contributed by atoms with E-state index in [1.807, 2.05) is 0 Å². The van der Waals surface area contributed by atoms with Crippen LogP contribution in [-0.2, 0) is 0 Å². The summed E-state index contributed by atoms with van der Waals surface area (Å²) < 4.78 is 0. The van der Waals surface area contributed by atoms with E-state index in [1.165, 1.54) is 38.6 Å². The molecule has 3 nitrogen and oxygen atoms in total. The second-order valence-corrected chi connectivity index (χ2v) is 7.22. The van der Waals surface area contributed by atoms with E-state index in [4.69, 9.17) is 0 Å². The molecule has 3 heteroatoms. The average Bonchev–Trinajstić information content (AvgIpc) is 2.91. The molecule has 0 spiro atoms. The highest BCUT2D eigenvalue weighted by Gasteiger charge is 2.42. The van der Waals surface area contributed by atoms with Crippen LogP contribution in [0.1, 0.15) is 52.4 Å². The van der Waals surface area contributed by atoms with Crippen LogP contribution in [0.25, 0.3) is 0 Å². The van der Waals surface area contributed by atoms with Crippen LogP contribution in [0.2, 0.25) is 0 Å². The third-order valence-electron chi connectivity index (χ3n) is 5.24. The van der Waals surface area contributed by atoms with Crippen molar-refractivity contribution in [1.82, 2.24) is 10.2 Å². The van der Waals surface area contributed by atoms with Gasteiger partial charge in [0.15, 0.2) is 0 Å². The predicted molar refractivity (Wildman–Crippen MR) is 73.6 cm³/mol. The summed E-state index contributed by atoms with van der Waals surface area (Å²) in [6.07, 6.45) is 7.93. The minimum atomic E-state index is -0.0809. The third kappa shape index (κ3) is 2.59. The molecule has 2 aliphatic carbocycles. The molecule has 3 rings (SSSR count). The van der Waals surface area contributed by atoms with E-state index >= 15 is 0 Å². The van der Waals surface area contributed by atoms with Crippen LogP contribution in [0.15, 0.2) is 0 Å². The van der Waals surface area contributed by atoms with Crippen LogP contribution < -0.4 is 5.32 Å². The van der Waals surface area contributed by atoms with Gasteiger partial charge in [0.25, 0.3) is 0 Å². The fourth-order valence-corrected chi connectivity index (χ4v) is 4.16. The molecule has 0 aromatic carbocycles. The van der Waals surface area contributed by atoms with E-state index in [9.17, 15) is 5.11 Å². The van der Waals surface area contributed by atoms with Crippen LogP contribution in [0.4, 0.5) is 0 Å². The number of nitrogens with one attached hydrogen (secondary N) is 1. The van der Waals surface area contributed by atoms with Gasteiger partial charge < -0.3 is 10.4 Å². The first-order valence-electron chi connectivity index (χ1n) is 7.74. The molecule has 3 aliphatic rings. The van der Waals surface area contributed by atoms with Crippen molar-refractivity contribution >= 4 is 0 Å². The first kappa shape index (κ1) is 12.9. The maximum absolute atomic E-state index is 9.70. The Morgan fingerprint density at radius 3 is 2.61 bits per heavy atom. The van der Waals surface area contributed by atoms with Crippen LogP contribution in [-0.4, -0.2) is 46.8 Å². The minimum absolute atomic E-state index is 0.0809. The molecule has 1 saturated heterocycles. The van der Waals surface area contributed by atoms with Crippen molar-refractivity contribution in [1.29, 1.82) is 0 Å². The summed E-state index contributed by atoms with van der Waals surface area (Å²) in [5, 5.41) is 13.3. The maximum atomic E-state index is 9.70. The lowest BCUT2D eigenvalue weighted by atomic mass is 9.92. The van der Waals surface area contributed by atoms with E-state index in [2.05, 4.69) is 24.1 Å². The van der Waals surface area contributed by atoms with Gasteiger partial charge in [-0.15, -0.1) is 0 Å². The number of hydrogen-bond donors (Lipinski definition) is 2. The zero-order chi connectivity index (χ0) is 12.8. The molecule has 18 heavy (non-hydrogen) atoms. The van der Waals surface area contributed by atoms with Crippen LogP contribution >= 0.6 is 0 Å². The molecule has 1 heterocycles. The fraction of sp³-hybridized carbons (Fsp3) is 1.00. The summed E-state index contributed by atoms with van der Waals surface area (Å²) in [4.78, 5) is 2.71. The summed E-state index contributed by atoms with van der Waals surface area (Å²) in [6.45, 7) is 6.10. The Morgan fingerprint density at radius 1 is 1.33 bits per heavy atom. The van der Waals surface area contributed by atoms with Crippen LogP contribution in [0.5, 0.6) is 0 Å². The molecule has 2 saturated carbocycles. The highest BCUT2D eigenvalue weighted by molar-refractivity contribution is 4.98. The number of hydrogen-bond acceptors (Lipinski definition) is 3. The number of likely N-dealkylation sites (tertiary alicyclic amines) is 1. The average molecular weight is 252 g/mol. The second kappa shape index (κ2) is 4.77. The monoisotopic (exact) mass is 252 g/mol. The molecule has 0 radical (unpaired) electrons. The largest absolute Gasteiger partial charge is 0.394 e. The third-order valence-corrected chi connectivity index (χ3v) is 5.24. The van der Waals surface area contributed by atoms with E-state index in [0.29, 0.717) is 12.1 Å². The Kier molecular flexibility index (Phi) is 3.41. The molecule has 0 amide bonds. The lowest BCUT2D eigenvalue weighted by Crippen LogP contribution is -2.52. The van der Waals surface area contributed by atoms with Gasteiger partial charge in [-0.05, 0) is 58.3 Å². The zero-order valence-electron chi connectivity index (χ0n) is 11.9. The number of fused-ring (bicyclic) bond motifs is 2. The van der Waals surface area contributed by atoms with Crippen molar-refractivity contribution in [3.63, 3.8) is 0 Å². The summed E-state index contributed by atoms with van der Waals surface area (Å²) in [5.41, 5.74) is -0.0809. The van der Waals surface area contributed by atoms with Gasteiger partial charge in [0.1, 0.15) is 0 Å². The fourth-order valence-electron chi connectivity index (χ4n) is 4.16. The standard InChI is InChI=1S/C15H28N2O/c1-11(17-9-12-3-6-14(17)7-12)8-15(2,10-18)16-13-4-5-13/h11-14,16,18H,3-10H2,1-2H3. The molecule has 0 aromatic heterocycles. The lowest BCUT2D eigenvalue weighted by molar-refractivity contribution is 0.0948. The van der Waals surface area contributed by atoms with Crippen molar-refractivity contribution < 1.29 is 5.11 Å². The summed E-state index contributed by atoms with van der Waals surface area (Å²) in [5.74, 6) is 0.967. The van der Waals surface area contributed by atoms with Crippen molar-refractivity contribution in [2.75, 3.05) is 13.2 Å². The van der Waals surface area contributed by atoms with Crippen molar-refractivity contribution in [3.8, 4) is 0 Å². The van der Waals surface area contributed by atoms with Crippen molar-refractivity contribution in [3.05, 3.63) is 0 Å². The molecule has 2 bridgehead atoms. The summed E-state index contributed by atoms with van der Waals surface area (Å²) in [7, 11) is 0. The molecular formula is C15H28N2O. The maximum Gasteiger partial charge on any atom is 0.0611 e. The summed E-state index contributed by atoms with van der Waals surface area (Å²) in [6, 6.07) is 2.11. The first-order chi connectivity index (χ1) is 8.59. The van der Waals surface area contributed by atoms with Gasteiger partial charge in [0, 0.05) is 30.2 Å². The SMILES string of the molecule is CC(CC(C)(CO)NC1CC1)N1CC2CCC1C2. The summed E-state index contributed by atoms with van der Waals surface area (Å²) >= 11 is 0. The van der Waals surface area contributed by atoms with E-state index < -0.39 is 0 Å². The van der Waals surface area contributed by atoms with Crippen LogP contribution in [0, 0.1) is 5.92 Å². The number of aliphatic hydroxyl groups excluding tert-OH is 1. The highest BCUT2D eigenvalue weighted by Crippen LogP contribution is 2.39. The Balaban J connectivity index is 1.56. The normalized spacial score (nSPS) is 36.8. The number of piperidine rings is 1. The highest BCUT2D eigenvalue weighted by atomic mass is 16.3. The number of rotatable bonds is 6. The van der Waals surface area contributed by atoms with Crippen LogP contribution in [0.3, 0.4) is 0 Å². The Bertz CT molecular complexity index is 305. The topological polar surface area (TPSA) is 35.5 Å². The van der Waals surface area contributed by atoms with E-state index in [-0.39, 0.29) is 12.1 Å². The first-order valence-corrected chi connectivity index (χ1v) is 7.74. The predicted octanol–water partition coefficient (Wildman–Crippen LogP) is 1.75. The Labute approximate surface area is 111 Å².